The minimum atomic E-state index is -1.01. The molecule has 0 heterocycles. The molecule has 1 fully saturated rings. The summed E-state index contributed by atoms with van der Waals surface area (Å²) in [5.41, 5.74) is 1.15. The second-order valence-corrected chi connectivity index (χ2v) is 6.76. The molecule has 0 unspecified atom stereocenters. The quantitative estimate of drug-likeness (QED) is 0.843. The van der Waals surface area contributed by atoms with Crippen molar-refractivity contribution in [1.29, 1.82) is 0 Å². The van der Waals surface area contributed by atoms with Gasteiger partial charge in [-0.15, -0.1) is 23.2 Å². The molecule has 0 radical (unpaired) electrons. The summed E-state index contributed by atoms with van der Waals surface area (Å²) in [5.74, 6) is -0.443. The van der Waals surface area contributed by atoms with Crippen molar-refractivity contribution in [3.05, 3.63) is 29.3 Å². The van der Waals surface area contributed by atoms with Gasteiger partial charge >= 0.3 is 0 Å². The van der Waals surface area contributed by atoms with Crippen LogP contribution in [0.2, 0.25) is 0 Å². The molecule has 0 bridgehead atoms. The van der Waals surface area contributed by atoms with E-state index >= 15 is 0 Å². The van der Waals surface area contributed by atoms with Crippen molar-refractivity contribution in [2.45, 2.75) is 24.6 Å². The van der Waals surface area contributed by atoms with E-state index < -0.39 is 9.75 Å². The third-order valence-corrected chi connectivity index (χ3v) is 4.84. The van der Waals surface area contributed by atoms with E-state index in [1.165, 1.54) is 0 Å². The Morgan fingerprint density at radius 2 is 1.90 bits per heavy atom. The molecule has 0 aliphatic heterocycles. The van der Waals surface area contributed by atoms with E-state index in [0.29, 0.717) is 17.7 Å². The van der Waals surface area contributed by atoms with Gasteiger partial charge in [-0.05, 0) is 38.0 Å². The Bertz CT molecular complexity index is 587. The molecule has 20 heavy (non-hydrogen) atoms. The lowest BCUT2D eigenvalue weighted by atomic mass is 10.1. The molecule has 2 amide bonds. The van der Waals surface area contributed by atoms with E-state index in [2.05, 4.69) is 10.6 Å². The van der Waals surface area contributed by atoms with Crippen molar-refractivity contribution in [3.63, 3.8) is 0 Å². The van der Waals surface area contributed by atoms with Crippen molar-refractivity contribution in [2.24, 2.45) is 5.41 Å². The Kier molecular flexibility index (Phi) is 3.73. The van der Waals surface area contributed by atoms with E-state index in [0.717, 1.165) is 5.56 Å². The molecular weight excluding hydrogens is 299 g/mol. The molecule has 2 rings (SSSR count). The summed E-state index contributed by atoms with van der Waals surface area (Å²) in [6.45, 7) is 3.58. The first-order chi connectivity index (χ1) is 9.21. The molecule has 0 saturated heterocycles. The van der Waals surface area contributed by atoms with Crippen molar-refractivity contribution in [3.8, 4) is 0 Å². The lowest BCUT2D eigenvalue weighted by Crippen LogP contribution is -2.26. The number of hydrogen-bond acceptors (Lipinski definition) is 2. The highest BCUT2D eigenvalue weighted by Gasteiger charge is 2.67. The van der Waals surface area contributed by atoms with Crippen LogP contribution in [0.3, 0.4) is 0 Å². The molecule has 1 aromatic rings. The average Bonchev–Trinajstić information content (AvgIpc) is 2.91. The van der Waals surface area contributed by atoms with Crippen molar-refractivity contribution in [2.75, 3.05) is 12.4 Å². The Balaban J connectivity index is 2.22. The molecule has 1 aliphatic carbocycles. The summed E-state index contributed by atoms with van der Waals surface area (Å²) < 4.78 is -1.01. The van der Waals surface area contributed by atoms with Crippen molar-refractivity contribution < 1.29 is 9.59 Å². The third kappa shape index (κ3) is 2.50. The lowest BCUT2D eigenvalue weighted by Gasteiger charge is -2.15. The zero-order chi connectivity index (χ0) is 15.1. The second kappa shape index (κ2) is 4.93. The second-order valence-electron chi connectivity index (χ2n) is 5.28. The molecule has 1 aromatic carbocycles. The maximum absolute atomic E-state index is 12.2. The van der Waals surface area contributed by atoms with Crippen LogP contribution in [0.5, 0.6) is 0 Å². The van der Waals surface area contributed by atoms with Crippen LogP contribution in [0.4, 0.5) is 5.69 Å². The minimum absolute atomic E-state index is 0.206. The highest BCUT2D eigenvalue weighted by Crippen LogP contribution is 2.64. The van der Waals surface area contributed by atoms with Crippen LogP contribution in [0.15, 0.2) is 18.2 Å². The molecule has 1 atom stereocenters. The van der Waals surface area contributed by atoms with Gasteiger partial charge in [-0.25, -0.2) is 0 Å². The van der Waals surface area contributed by atoms with Gasteiger partial charge in [0.05, 0.1) is 5.41 Å². The highest BCUT2D eigenvalue weighted by molar-refractivity contribution is 6.53. The molecule has 0 aromatic heterocycles. The molecule has 6 heteroatoms. The molecule has 4 nitrogen and oxygen atoms in total. The van der Waals surface area contributed by atoms with Crippen molar-refractivity contribution >= 4 is 40.7 Å². The van der Waals surface area contributed by atoms with Crippen LogP contribution in [0.25, 0.3) is 0 Å². The normalized spacial score (nSPS) is 23.1. The van der Waals surface area contributed by atoms with Crippen molar-refractivity contribution in [1.82, 2.24) is 5.32 Å². The maximum Gasteiger partial charge on any atom is 0.251 e. The van der Waals surface area contributed by atoms with Gasteiger partial charge in [0.15, 0.2) is 0 Å². The summed E-state index contributed by atoms with van der Waals surface area (Å²) >= 11 is 12.0. The Morgan fingerprint density at radius 3 is 2.40 bits per heavy atom. The number of carbonyl (C=O) groups excluding carboxylic acids is 2. The Morgan fingerprint density at radius 1 is 1.30 bits per heavy atom. The molecule has 108 valence electrons. The van der Waals surface area contributed by atoms with Gasteiger partial charge in [0, 0.05) is 18.3 Å². The number of carbonyl (C=O) groups is 2. The number of alkyl halides is 2. The molecule has 1 aliphatic rings. The summed E-state index contributed by atoms with van der Waals surface area (Å²) in [6, 6.07) is 5.13. The van der Waals surface area contributed by atoms with Gasteiger partial charge in [0.25, 0.3) is 5.91 Å². The maximum atomic E-state index is 12.2. The third-order valence-electron chi connectivity index (χ3n) is 3.73. The topological polar surface area (TPSA) is 58.2 Å². The fourth-order valence-corrected chi connectivity index (χ4v) is 2.65. The van der Waals surface area contributed by atoms with Gasteiger partial charge < -0.3 is 10.6 Å². The predicted molar refractivity (Wildman–Crippen MR) is 80.4 cm³/mol. The summed E-state index contributed by atoms with van der Waals surface area (Å²) in [6.07, 6.45) is 0.420. The largest absolute Gasteiger partial charge is 0.355 e. The number of benzene rings is 1. The first-order valence-electron chi connectivity index (χ1n) is 6.23. The number of amides is 2. The van der Waals surface area contributed by atoms with Crippen LogP contribution in [0, 0.1) is 12.3 Å². The zero-order valence-corrected chi connectivity index (χ0v) is 13.0. The van der Waals surface area contributed by atoms with Crippen LogP contribution < -0.4 is 10.6 Å². The highest BCUT2D eigenvalue weighted by atomic mass is 35.5. The zero-order valence-electron chi connectivity index (χ0n) is 11.5. The summed E-state index contributed by atoms with van der Waals surface area (Å²) in [7, 11) is 1.56. The summed E-state index contributed by atoms with van der Waals surface area (Å²) in [5, 5.41) is 5.34. The molecule has 2 N–H and O–H groups in total. The van der Waals surface area contributed by atoms with Gasteiger partial charge in [-0.2, -0.15) is 0 Å². The minimum Gasteiger partial charge on any atom is -0.355 e. The van der Waals surface area contributed by atoms with E-state index in [1.54, 1.807) is 32.2 Å². The first-order valence-corrected chi connectivity index (χ1v) is 6.99. The predicted octanol–water partition coefficient (Wildman–Crippen LogP) is 2.88. The van der Waals surface area contributed by atoms with Gasteiger partial charge in [-0.3, -0.25) is 9.59 Å². The van der Waals surface area contributed by atoms with E-state index in [4.69, 9.17) is 23.2 Å². The van der Waals surface area contributed by atoms with E-state index in [1.807, 2.05) is 6.92 Å². The van der Waals surface area contributed by atoms with Crippen LogP contribution >= 0.6 is 23.2 Å². The van der Waals surface area contributed by atoms with Gasteiger partial charge in [0.2, 0.25) is 5.91 Å². The van der Waals surface area contributed by atoms with E-state index in [-0.39, 0.29) is 11.8 Å². The number of anilines is 1. The number of aryl methyl sites for hydroxylation is 1. The number of halogens is 2. The van der Waals surface area contributed by atoms with Crippen LogP contribution in [0.1, 0.15) is 29.3 Å². The number of hydrogen-bond donors (Lipinski definition) is 2. The number of rotatable bonds is 3. The smallest absolute Gasteiger partial charge is 0.251 e. The monoisotopic (exact) mass is 314 g/mol. The molecule has 0 spiro atoms. The van der Waals surface area contributed by atoms with Crippen LogP contribution in [-0.4, -0.2) is 23.2 Å². The van der Waals surface area contributed by atoms with Gasteiger partial charge in [-0.1, -0.05) is 6.07 Å². The summed E-state index contributed by atoms with van der Waals surface area (Å²) in [4.78, 5) is 23.8. The fraction of sp³-hybridized carbons (Fsp3) is 0.429. The Hall–Kier alpha value is -1.26. The van der Waals surface area contributed by atoms with Gasteiger partial charge in [0.1, 0.15) is 4.33 Å². The lowest BCUT2D eigenvalue weighted by molar-refractivity contribution is -0.120. The number of nitrogens with one attached hydrogen (secondary N) is 2. The van der Waals surface area contributed by atoms with Crippen LogP contribution in [-0.2, 0) is 4.79 Å². The average molecular weight is 315 g/mol. The van der Waals surface area contributed by atoms with E-state index in [9.17, 15) is 9.59 Å². The first kappa shape index (κ1) is 15.1. The fourth-order valence-electron chi connectivity index (χ4n) is 1.95. The molecular formula is C14H16Cl2N2O2. The SMILES string of the molecule is CNC(=O)c1ccc(C)c(NC(=O)[C@]2(C)CC2(Cl)Cl)c1. The Labute approximate surface area is 127 Å². The standard InChI is InChI=1S/C14H16Cl2N2O2/c1-8-4-5-9(11(19)17-3)6-10(8)18-12(20)13(2)7-14(13,15)16/h4-6H,7H2,1-3H3,(H,17,19)(H,18,20)/t13-/m0/s1. The molecule has 1 saturated carbocycles.